The molecule has 4 heterocycles. The molecule has 1 aliphatic heterocycles. The minimum atomic E-state index is -0.468. The summed E-state index contributed by atoms with van der Waals surface area (Å²) in [5, 5.41) is 6.77. The first-order valence-corrected chi connectivity index (χ1v) is 11.3. The summed E-state index contributed by atoms with van der Waals surface area (Å²) in [4.78, 5) is 35.8. The number of piperazine rings is 1. The van der Waals surface area contributed by atoms with Gasteiger partial charge in [-0.05, 0) is 36.8 Å². The molecule has 176 valence electrons. The fourth-order valence-electron chi connectivity index (χ4n) is 4.48. The lowest BCUT2D eigenvalue weighted by Gasteiger charge is -2.36. The maximum absolute atomic E-state index is 15.0. The number of rotatable bonds is 4. The highest BCUT2D eigenvalue weighted by Crippen LogP contribution is 2.23. The zero-order chi connectivity index (χ0) is 24.0. The lowest BCUT2D eigenvalue weighted by atomic mass is 10.1. The number of pyridine rings is 1. The first-order chi connectivity index (χ1) is 16.3. The molecule has 4 aromatic rings. The number of nitrogens with zero attached hydrogens (tertiary/aromatic N) is 5. The van der Waals surface area contributed by atoms with Crippen molar-refractivity contribution in [2.45, 2.75) is 13.5 Å². The van der Waals surface area contributed by atoms with E-state index in [4.69, 9.17) is 11.6 Å². The summed E-state index contributed by atoms with van der Waals surface area (Å²) in [5.41, 5.74) is 3.37. The van der Waals surface area contributed by atoms with Crippen molar-refractivity contribution in [1.29, 1.82) is 0 Å². The van der Waals surface area contributed by atoms with Crippen molar-refractivity contribution in [2.75, 3.05) is 38.1 Å². The second-order valence-electron chi connectivity index (χ2n) is 8.34. The van der Waals surface area contributed by atoms with E-state index >= 15 is 4.39 Å². The highest BCUT2D eigenvalue weighted by atomic mass is 35.5. The van der Waals surface area contributed by atoms with Gasteiger partial charge in [0, 0.05) is 45.8 Å². The van der Waals surface area contributed by atoms with Crippen molar-refractivity contribution >= 4 is 39.7 Å². The maximum Gasteiger partial charge on any atom is 0.274 e. The number of carbonyl (C=O) groups is 1. The molecule has 1 aromatic carbocycles. The number of fused-ring (bicyclic) bond motifs is 3. The lowest BCUT2D eigenvalue weighted by Crippen LogP contribution is -2.46. The number of aromatic nitrogens is 4. The number of halogens is 2. The quantitative estimate of drug-likeness (QED) is 0.462. The molecule has 0 bridgehead atoms. The Labute approximate surface area is 199 Å². The Balaban J connectivity index is 1.32. The number of hydrogen-bond donors (Lipinski definition) is 2. The number of hydrogen-bond acceptors (Lipinski definition) is 6. The van der Waals surface area contributed by atoms with Crippen LogP contribution in [0, 0.1) is 12.7 Å². The fraction of sp³-hybridized carbons (Fsp3) is 0.304. The van der Waals surface area contributed by atoms with E-state index in [1.165, 1.54) is 16.6 Å². The molecule has 11 heteroatoms. The maximum atomic E-state index is 15.0. The van der Waals surface area contributed by atoms with Crippen molar-refractivity contribution in [1.82, 2.24) is 29.8 Å². The number of anilines is 1. The predicted molar refractivity (Wildman–Crippen MR) is 128 cm³/mol. The summed E-state index contributed by atoms with van der Waals surface area (Å²) in [6.07, 6.45) is 0. The topological polar surface area (TPSA) is 98.6 Å². The van der Waals surface area contributed by atoms with Crippen molar-refractivity contribution in [2.24, 2.45) is 0 Å². The van der Waals surface area contributed by atoms with Crippen LogP contribution >= 0.6 is 11.6 Å². The van der Waals surface area contributed by atoms with Crippen LogP contribution in [0.5, 0.6) is 0 Å². The van der Waals surface area contributed by atoms with Gasteiger partial charge in [-0.15, -0.1) is 0 Å². The second kappa shape index (κ2) is 8.69. The van der Waals surface area contributed by atoms with Gasteiger partial charge in [-0.25, -0.2) is 13.9 Å². The Hall–Kier alpha value is -3.50. The third-order valence-corrected chi connectivity index (χ3v) is 6.32. The highest BCUT2D eigenvalue weighted by molar-refractivity contribution is 6.29. The van der Waals surface area contributed by atoms with E-state index in [1.54, 1.807) is 19.2 Å². The van der Waals surface area contributed by atoms with Crippen molar-refractivity contribution in [3.8, 4) is 0 Å². The van der Waals surface area contributed by atoms with E-state index < -0.39 is 5.82 Å². The van der Waals surface area contributed by atoms with E-state index in [1.807, 2.05) is 13.0 Å². The second-order valence-corrected chi connectivity index (χ2v) is 8.72. The fourth-order valence-corrected chi connectivity index (χ4v) is 4.65. The molecule has 9 nitrogen and oxygen atoms in total. The van der Waals surface area contributed by atoms with Crippen LogP contribution in [0.2, 0.25) is 5.15 Å². The van der Waals surface area contributed by atoms with E-state index in [9.17, 15) is 9.59 Å². The number of benzene rings is 1. The number of H-pyrrole nitrogens is 1. The van der Waals surface area contributed by atoms with Crippen molar-refractivity contribution in [3.05, 3.63) is 68.6 Å². The van der Waals surface area contributed by atoms with Gasteiger partial charge in [0.15, 0.2) is 11.0 Å². The van der Waals surface area contributed by atoms with Gasteiger partial charge in [0.05, 0.1) is 16.9 Å². The van der Waals surface area contributed by atoms with Gasteiger partial charge in [0.2, 0.25) is 0 Å². The van der Waals surface area contributed by atoms with Gasteiger partial charge in [-0.2, -0.15) is 5.10 Å². The summed E-state index contributed by atoms with van der Waals surface area (Å²) in [6.45, 7) is 5.56. The van der Waals surface area contributed by atoms with Crippen LogP contribution < -0.4 is 15.8 Å². The molecule has 0 saturated carbocycles. The molecule has 5 rings (SSSR count). The molecule has 0 radical (unpaired) electrons. The third-order valence-electron chi connectivity index (χ3n) is 6.13. The Morgan fingerprint density at radius 2 is 1.97 bits per heavy atom. The molecular weight excluding hydrogens is 461 g/mol. The Morgan fingerprint density at radius 3 is 2.68 bits per heavy atom. The average Bonchev–Trinajstić information content (AvgIpc) is 3.20. The van der Waals surface area contributed by atoms with Crippen LogP contribution in [0.1, 0.15) is 21.7 Å². The largest absolute Gasteiger partial charge is 0.368 e. The van der Waals surface area contributed by atoms with Crippen LogP contribution in [0.15, 0.2) is 35.1 Å². The van der Waals surface area contributed by atoms with Gasteiger partial charge in [0.1, 0.15) is 16.7 Å². The van der Waals surface area contributed by atoms with E-state index in [-0.39, 0.29) is 27.7 Å². The van der Waals surface area contributed by atoms with Crippen molar-refractivity contribution in [3.63, 3.8) is 0 Å². The molecule has 0 unspecified atom stereocenters. The number of carbonyl (C=O) groups excluding carboxylic acids is 1. The molecule has 1 amide bonds. The van der Waals surface area contributed by atoms with Crippen LogP contribution in [0.4, 0.5) is 10.1 Å². The summed E-state index contributed by atoms with van der Waals surface area (Å²) < 4.78 is 16.3. The summed E-state index contributed by atoms with van der Waals surface area (Å²) in [7, 11) is 1.58. The molecule has 3 aromatic heterocycles. The number of nitrogens with one attached hydrogen (secondary N) is 2. The normalized spacial score (nSPS) is 14.8. The van der Waals surface area contributed by atoms with E-state index in [0.717, 1.165) is 43.1 Å². The highest BCUT2D eigenvalue weighted by Gasteiger charge is 2.21. The molecular formula is C23H23ClFN7O2. The molecule has 1 fully saturated rings. The minimum Gasteiger partial charge on any atom is -0.368 e. The SMILES string of the molecule is CNC(=O)c1ccc(N2CCN(Cc3cc(F)c4c(c3)[nH]c(=O)c3cc(Cl)nn34)CC2)c(C)n1. The average molecular weight is 484 g/mol. The Bertz CT molecular complexity index is 1470. The van der Waals surface area contributed by atoms with Gasteiger partial charge >= 0.3 is 0 Å². The van der Waals surface area contributed by atoms with Gasteiger partial charge in [-0.3, -0.25) is 14.5 Å². The first-order valence-electron chi connectivity index (χ1n) is 10.9. The van der Waals surface area contributed by atoms with Crippen LogP contribution in [-0.4, -0.2) is 63.6 Å². The predicted octanol–water partition coefficient (Wildman–Crippen LogP) is 2.35. The Morgan fingerprint density at radius 1 is 1.21 bits per heavy atom. The third kappa shape index (κ3) is 3.99. The van der Waals surface area contributed by atoms with Crippen LogP contribution in [0.25, 0.3) is 16.6 Å². The van der Waals surface area contributed by atoms with Crippen molar-refractivity contribution < 1.29 is 9.18 Å². The van der Waals surface area contributed by atoms with E-state index in [0.29, 0.717) is 17.8 Å². The molecule has 34 heavy (non-hydrogen) atoms. The van der Waals surface area contributed by atoms with Gasteiger partial charge < -0.3 is 15.2 Å². The van der Waals surface area contributed by atoms with E-state index in [2.05, 4.69) is 30.2 Å². The minimum absolute atomic E-state index is 0.132. The molecule has 1 aliphatic rings. The number of amides is 1. The summed E-state index contributed by atoms with van der Waals surface area (Å²) in [5.74, 6) is -0.676. The van der Waals surface area contributed by atoms with Crippen LogP contribution in [-0.2, 0) is 6.54 Å². The van der Waals surface area contributed by atoms with Crippen LogP contribution in [0.3, 0.4) is 0 Å². The monoisotopic (exact) mass is 483 g/mol. The van der Waals surface area contributed by atoms with Gasteiger partial charge in [-0.1, -0.05) is 11.6 Å². The van der Waals surface area contributed by atoms with Gasteiger partial charge in [0.25, 0.3) is 11.5 Å². The molecule has 0 spiro atoms. The first kappa shape index (κ1) is 22.3. The molecule has 2 N–H and O–H groups in total. The molecule has 0 atom stereocenters. The summed E-state index contributed by atoms with van der Waals surface area (Å²) in [6, 6.07) is 8.34. The Kier molecular flexibility index (Phi) is 5.70. The molecule has 0 aliphatic carbocycles. The summed E-state index contributed by atoms with van der Waals surface area (Å²) >= 11 is 5.92. The number of aromatic amines is 1. The standard InChI is InChI=1S/C23H23ClFN7O2/c1-13-18(4-3-16(27-13)22(33)26-2)31-7-5-30(6-8-31)12-14-9-15(25)21-17(10-14)28-23(34)19-11-20(24)29-32(19)21/h3-4,9-11H,5-8,12H2,1-2H3,(H,26,33)(H,28,34). The lowest BCUT2D eigenvalue weighted by molar-refractivity contribution is 0.0958. The molecule has 1 saturated heterocycles. The zero-order valence-corrected chi connectivity index (χ0v) is 19.5. The zero-order valence-electron chi connectivity index (χ0n) is 18.7. The number of aryl methyl sites for hydroxylation is 1. The smallest absolute Gasteiger partial charge is 0.274 e.